The number of hydrogen-bond donors (Lipinski definition) is 1. The van der Waals surface area contributed by atoms with E-state index in [0.29, 0.717) is 22.8 Å². The average molecular weight is 274 g/mol. The number of nitrogens with one attached hydrogen (secondary N) is 1. The van der Waals surface area contributed by atoms with E-state index in [1.165, 1.54) is 18.2 Å². The first-order valence-corrected chi connectivity index (χ1v) is 6.02. The van der Waals surface area contributed by atoms with Crippen LogP contribution >= 0.6 is 0 Å². The Morgan fingerprint density at radius 3 is 2.50 bits per heavy atom. The van der Waals surface area contributed by atoms with Gasteiger partial charge in [0.1, 0.15) is 11.5 Å². The fourth-order valence-electron chi connectivity index (χ4n) is 2.02. The number of hydrogen-bond acceptors (Lipinski definition) is 4. The molecule has 6 heteroatoms. The summed E-state index contributed by atoms with van der Waals surface area (Å²) < 4.78 is 5.40. The van der Waals surface area contributed by atoms with Crippen molar-refractivity contribution in [3.05, 3.63) is 57.0 Å². The van der Waals surface area contributed by atoms with Crippen molar-refractivity contribution in [3.63, 3.8) is 0 Å². The van der Waals surface area contributed by atoms with Gasteiger partial charge in [0, 0.05) is 23.4 Å². The van der Waals surface area contributed by atoms with E-state index < -0.39 is 4.92 Å². The maximum Gasteiger partial charge on any atom is 0.271 e. The molecule has 2 rings (SSSR count). The van der Waals surface area contributed by atoms with Crippen molar-refractivity contribution in [1.29, 1.82) is 0 Å². The minimum absolute atomic E-state index is 0.0698. The van der Waals surface area contributed by atoms with Crippen molar-refractivity contribution in [1.82, 2.24) is 0 Å². The molecule has 1 N–H and O–H groups in total. The highest BCUT2D eigenvalue weighted by Gasteiger charge is 2.19. The minimum Gasteiger partial charge on any atom is -0.466 e. The molecule has 0 spiro atoms. The van der Waals surface area contributed by atoms with Crippen molar-refractivity contribution in [2.24, 2.45) is 0 Å². The van der Waals surface area contributed by atoms with Gasteiger partial charge in [-0.05, 0) is 26.8 Å². The van der Waals surface area contributed by atoms with Gasteiger partial charge in [-0.1, -0.05) is 6.07 Å². The van der Waals surface area contributed by atoms with Crippen LogP contribution in [0.4, 0.5) is 11.4 Å². The van der Waals surface area contributed by atoms with Crippen molar-refractivity contribution in [2.45, 2.75) is 20.8 Å². The third-order valence-corrected chi connectivity index (χ3v) is 3.10. The zero-order valence-electron chi connectivity index (χ0n) is 11.4. The maximum absolute atomic E-state index is 12.2. The molecule has 2 aromatic rings. The summed E-state index contributed by atoms with van der Waals surface area (Å²) in [7, 11) is 0. The molecular formula is C14H14N2O4. The maximum atomic E-state index is 12.2. The van der Waals surface area contributed by atoms with Crippen molar-refractivity contribution in [3.8, 4) is 0 Å². The van der Waals surface area contributed by atoms with Gasteiger partial charge in [-0.15, -0.1) is 0 Å². The second-order valence-corrected chi connectivity index (χ2v) is 4.48. The van der Waals surface area contributed by atoms with E-state index in [-0.39, 0.29) is 11.6 Å². The molecule has 6 nitrogen and oxygen atoms in total. The zero-order chi connectivity index (χ0) is 14.9. The van der Waals surface area contributed by atoms with Crippen LogP contribution in [0, 0.1) is 30.9 Å². The Bertz CT molecular complexity index is 688. The SMILES string of the molecule is Cc1oc(C)c(C(=O)Nc2cccc([N+](=O)[O-])c2)c1C. The molecule has 1 heterocycles. The van der Waals surface area contributed by atoms with E-state index in [4.69, 9.17) is 4.42 Å². The number of aryl methyl sites for hydroxylation is 2. The number of nitro benzene ring substituents is 1. The quantitative estimate of drug-likeness (QED) is 0.686. The average Bonchev–Trinajstić information content (AvgIpc) is 2.63. The Balaban J connectivity index is 2.28. The third-order valence-electron chi connectivity index (χ3n) is 3.10. The predicted molar refractivity (Wildman–Crippen MR) is 74.0 cm³/mol. The highest BCUT2D eigenvalue weighted by atomic mass is 16.6. The van der Waals surface area contributed by atoms with Crippen LogP contribution < -0.4 is 5.32 Å². The number of nitro groups is 1. The number of carbonyl (C=O) groups excluding carboxylic acids is 1. The van der Waals surface area contributed by atoms with Gasteiger partial charge in [0.25, 0.3) is 11.6 Å². The minimum atomic E-state index is -0.506. The Hall–Kier alpha value is -2.63. The molecule has 1 aromatic carbocycles. The van der Waals surface area contributed by atoms with Crippen molar-refractivity contribution in [2.75, 3.05) is 5.32 Å². The monoisotopic (exact) mass is 274 g/mol. The smallest absolute Gasteiger partial charge is 0.271 e. The lowest BCUT2D eigenvalue weighted by Crippen LogP contribution is -2.13. The van der Waals surface area contributed by atoms with Gasteiger partial charge >= 0.3 is 0 Å². The van der Waals surface area contributed by atoms with Crippen LogP contribution in [0.15, 0.2) is 28.7 Å². The molecule has 1 aromatic heterocycles. The van der Waals surface area contributed by atoms with E-state index in [9.17, 15) is 14.9 Å². The van der Waals surface area contributed by atoms with E-state index in [0.717, 1.165) is 5.56 Å². The van der Waals surface area contributed by atoms with Crippen LogP contribution in [-0.2, 0) is 0 Å². The van der Waals surface area contributed by atoms with Crippen LogP contribution in [-0.4, -0.2) is 10.8 Å². The molecule has 0 bridgehead atoms. The number of nitrogens with zero attached hydrogens (tertiary/aromatic N) is 1. The number of benzene rings is 1. The number of carbonyl (C=O) groups is 1. The van der Waals surface area contributed by atoms with Crippen LogP contribution in [0.2, 0.25) is 0 Å². The third kappa shape index (κ3) is 2.54. The summed E-state index contributed by atoms with van der Waals surface area (Å²) in [5, 5.41) is 13.3. The summed E-state index contributed by atoms with van der Waals surface area (Å²) in [6, 6.07) is 5.81. The molecule has 0 atom stereocenters. The standard InChI is InChI=1S/C14H14N2O4/c1-8-9(2)20-10(3)13(8)14(17)15-11-5-4-6-12(7-11)16(18)19/h4-7H,1-3H3,(H,15,17). The van der Waals surface area contributed by atoms with Crippen LogP contribution in [0.5, 0.6) is 0 Å². The molecule has 0 radical (unpaired) electrons. The van der Waals surface area contributed by atoms with Crippen LogP contribution in [0.3, 0.4) is 0 Å². The van der Waals surface area contributed by atoms with Gasteiger partial charge < -0.3 is 9.73 Å². The second-order valence-electron chi connectivity index (χ2n) is 4.48. The lowest BCUT2D eigenvalue weighted by atomic mass is 10.1. The Labute approximate surface area is 115 Å². The molecule has 104 valence electrons. The molecule has 1 amide bonds. The highest BCUT2D eigenvalue weighted by molar-refractivity contribution is 6.06. The van der Waals surface area contributed by atoms with E-state index >= 15 is 0 Å². The van der Waals surface area contributed by atoms with Gasteiger partial charge in [-0.25, -0.2) is 0 Å². The number of rotatable bonds is 3. The second kappa shape index (κ2) is 5.16. The predicted octanol–water partition coefficient (Wildman–Crippen LogP) is 3.37. The van der Waals surface area contributed by atoms with Gasteiger partial charge in [0.2, 0.25) is 0 Å². The van der Waals surface area contributed by atoms with Crippen LogP contribution in [0.25, 0.3) is 0 Å². The number of furan rings is 1. The molecular weight excluding hydrogens is 260 g/mol. The van der Waals surface area contributed by atoms with E-state index in [1.54, 1.807) is 26.8 Å². The summed E-state index contributed by atoms with van der Waals surface area (Å²) in [4.78, 5) is 22.4. The summed E-state index contributed by atoms with van der Waals surface area (Å²) in [5.41, 5.74) is 1.54. The molecule has 0 fully saturated rings. The van der Waals surface area contributed by atoms with Gasteiger partial charge in [-0.2, -0.15) is 0 Å². The normalized spacial score (nSPS) is 10.3. The fourth-order valence-corrected chi connectivity index (χ4v) is 2.02. The first kappa shape index (κ1) is 13.8. The molecule has 0 aliphatic carbocycles. The molecule has 0 aliphatic heterocycles. The Morgan fingerprint density at radius 1 is 1.25 bits per heavy atom. The number of non-ortho nitro benzene ring substituents is 1. The lowest BCUT2D eigenvalue weighted by Gasteiger charge is -2.05. The molecule has 0 saturated carbocycles. The van der Waals surface area contributed by atoms with Crippen LogP contribution in [0.1, 0.15) is 27.4 Å². The first-order chi connectivity index (χ1) is 9.40. The summed E-state index contributed by atoms with van der Waals surface area (Å²) in [6.45, 7) is 5.29. The van der Waals surface area contributed by atoms with E-state index in [2.05, 4.69) is 5.32 Å². The molecule has 0 unspecified atom stereocenters. The topological polar surface area (TPSA) is 85.4 Å². The van der Waals surface area contributed by atoms with Crippen molar-refractivity contribution < 1.29 is 14.1 Å². The highest BCUT2D eigenvalue weighted by Crippen LogP contribution is 2.23. The molecule has 20 heavy (non-hydrogen) atoms. The first-order valence-electron chi connectivity index (χ1n) is 6.02. The zero-order valence-corrected chi connectivity index (χ0v) is 11.4. The van der Waals surface area contributed by atoms with E-state index in [1.807, 2.05) is 0 Å². The van der Waals surface area contributed by atoms with Gasteiger partial charge in [0.15, 0.2) is 0 Å². The number of amides is 1. The lowest BCUT2D eigenvalue weighted by molar-refractivity contribution is -0.384. The van der Waals surface area contributed by atoms with Crippen molar-refractivity contribution >= 4 is 17.3 Å². The summed E-state index contributed by atoms with van der Waals surface area (Å²) >= 11 is 0. The molecule has 0 aliphatic rings. The summed E-state index contributed by atoms with van der Waals surface area (Å²) in [6.07, 6.45) is 0. The Kier molecular flexibility index (Phi) is 3.56. The Morgan fingerprint density at radius 2 is 1.95 bits per heavy atom. The van der Waals surface area contributed by atoms with Gasteiger partial charge in [0.05, 0.1) is 10.5 Å². The summed E-state index contributed by atoms with van der Waals surface area (Å²) in [5.74, 6) is 0.881. The van der Waals surface area contributed by atoms with Gasteiger partial charge in [-0.3, -0.25) is 14.9 Å². The number of anilines is 1. The fraction of sp³-hybridized carbons (Fsp3) is 0.214. The largest absolute Gasteiger partial charge is 0.466 e. The molecule has 0 saturated heterocycles.